The molecule has 3 heterocycles. The van der Waals surface area contributed by atoms with Crippen molar-refractivity contribution in [3.63, 3.8) is 0 Å². The highest BCUT2D eigenvalue weighted by Crippen LogP contribution is 2.27. The predicted octanol–water partition coefficient (Wildman–Crippen LogP) is 3.71. The second-order valence-electron chi connectivity index (χ2n) is 8.83. The van der Waals surface area contributed by atoms with Crippen LogP contribution in [0.4, 0.5) is 0 Å². The van der Waals surface area contributed by atoms with E-state index in [0.717, 1.165) is 54.7 Å². The zero-order chi connectivity index (χ0) is 23.2. The van der Waals surface area contributed by atoms with E-state index in [-0.39, 0.29) is 35.4 Å². The summed E-state index contributed by atoms with van der Waals surface area (Å²) in [4.78, 5) is 23.8. The highest BCUT2D eigenvalue weighted by atomic mass is 35.5. The van der Waals surface area contributed by atoms with E-state index < -0.39 is 10.0 Å². The number of carbonyl (C=O) groups is 1. The first kappa shape index (κ1) is 25.4. The van der Waals surface area contributed by atoms with Crippen LogP contribution in [0.25, 0.3) is 10.9 Å². The fraction of sp³-hybridized carbons (Fsp3) is 0.455. The Kier molecular flexibility index (Phi) is 7.56. The molecule has 3 aromatic rings. The van der Waals surface area contributed by atoms with Crippen LogP contribution in [-0.2, 0) is 23.0 Å². The average Bonchev–Trinajstić information content (AvgIpc) is 3.39. The predicted molar refractivity (Wildman–Crippen MR) is 137 cm³/mol. The number of thiazole rings is 1. The Bertz CT molecular complexity index is 1310. The molecule has 1 saturated carbocycles. The molecule has 12 heteroatoms. The molecule has 8 nitrogen and oxygen atoms in total. The lowest BCUT2D eigenvalue weighted by atomic mass is 9.91. The minimum absolute atomic E-state index is 0. The van der Waals surface area contributed by atoms with Crippen LogP contribution in [0.2, 0.25) is 5.02 Å². The molecule has 3 N–H and O–H groups in total. The smallest absolute Gasteiger partial charge is 0.280 e. The normalized spacial score (nSPS) is 21.1. The standard InChI is InChI=1S/C22H26ClN5O3S2.ClH/c1-28-9-8-18-19(12-28)32-22(26-18)21(29)25-16-4-2-3-5-17(16)27-33(30,31)20-11-13-10-14(23)6-7-15(13)24-20;/h6-7,10-11,16-17,24,27H,2-5,8-9,12H2,1H3,(H,25,29);1H/t16-,17+;/m1./s1. The zero-order valence-electron chi connectivity index (χ0n) is 18.6. The molecule has 0 radical (unpaired) electrons. The fourth-order valence-corrected chi connectivity index (χ4v) is 7.19. The lowest BCUT2D eigenvalue weighted by molar-refractivity contribution is 0.0918. The Hall–Kier alpha value is -1.69. The minimum atomic E-state index is -3.79. The third-order valence-electron chi connectivity index (χ3n) is 6.35. The molecule has 1 amide bonds. The Morgan fingerprint density at radius 2 is 2.00 bits per heavy atom. The summed E-state index contributed by atoms with van der Waals surface area (Å²) >= 11 is 7.46. The van der Waals surface area contributed by atoms with Crippen molar-refractivity contribution in [3.8, 4) is 0 Å². The highest BCUT2D eigenvalue weighted by Gasteiger charge is 2.32. The van der Waals surface area contributed by atoms with Crippen molar-refractivity contribution in [2.45, 2.75) is 55.8 Å². The van der Waals surface area contributed by atoms with E-state index in [1.807, 2.05) is 0 Å². The molecule has 0 bridgehead atoms. The van der Waals surface area contributed by atoms with Crippen molar-refractivity contribution in [1.29, 1.82) is 0 Å². The lowest BCUT2D eigenvalue weighted by Gasteiger charge is -2.32. The quantitative estimate of drug-likeness (QED) is 0.454. The molecule has 2 aromatic heterocycles. The number of hydrogen-bond acceptors (Lipinski definition) is 6. The first-order chi connectivity index (χ1) is 15.8. The van der Waals surface area contributed by atoms with Gasteiger partial charge in [-0.15, -0.1) is 23.7 Å². The molecule has 0 saturated heterocycles. The number of aromatic amines is 1. The number of benzene rings is 1. The summed E-state index contributed by atoms with van der Waals surface area (Å²) < 4.78 is 29.1. The summed E-state index contributed by atoms with van der Waals surface area (Å²) in [5, 5.41) is 4.87. The third-order valence-corrected chi connectivity index (χ3v) is 9.08. The molecule has 1 aromatic carbocycles. The van der Waals surface area contributed by atoms with Crippen molar-refractivity contribution in [1.82, 2.24) is 24.9 Å². The van der Waals surface area contributed by atoms with Crippen molar-refractivity contribution in [2.24, 2.45) is 0 Å². The van der Waals surface area contributed by atoms with Gasteiger partial charge in [-0.3, -0.25) is 4.79 Å². The van der Waals surface area contributed by atoms with Crippen molar-refractivity contribution < 1.29 is 13.2 Å². The number of nitrogens with zero attached hydrogens (tertiary/aromatic N) is 2. The second-order valence-corrected chi connectivity index (χ2v) is 12.0. The molecule has 2 atom stereocenters. The molecule has 34 heavy (non-hydrogen) atoms. The summed E-state index contributed by atoms with van der Waals surface area (Å²) in [5.74, 6) is -0.228. The van der Waals surface area contributed by atoms with Crippen LogP contribution in [0, 0.1) is 0 Å². The number of nitrogens with one attached hydrogen (secondary N) is 3. The Balaban J connectivity index is 0.00000274. The van der Waals surface area contributed by atoms with Crippen molar-refractivity contribution in [2.75, 3.05) is 13.6 Å². The number of sulfonamides is 1. The second kappa shape index (κ2) is 10.1. The van der Waals surface area contributed by atoms with E-state index in [2.05, 4.69) is 32.0 Å². The summed E-state index contributed by atoms with van der Waals surface area (Å²) in [6, 6.07) is 6.10. The van der Waals surface area contributed by atoms with Crippen LogP contribution in [0.15, 0.2) is 29.3 Å². The summed E-state index contributed by atoms with van der Waals surface area (Å²) in [7, 11) is -1.74. The number of aromatic nitrogens is 2. The van der Waals surface area contributed by atoms with Gasteiger partial charge in [-0.2, -0.15) is 0 Å². The van der Waals surface area contributed by atoms with Gasteiger partial charge in [0.1, 0.15) is 5.03 Å². The molecule has 184 valence electrons. The van der Waals surface area contributed by atoms with Gasteiger partial charge < -0.3 is 15.2 Å². The number of H-pyrrole nitrogens is 1. The van der Waals surface area contributed by atoms with Crippen molar-refractivity contribution in [3.05, 3.63) is 44.9 Å². The van der Waals surface area contributed by atoms with Crippen LogP contribution >= 0.6 is 35.3 Å². The zero-order valence-corrected chi connectivity index (χ0v) is 21.8. The molecule has 1 aliphatic carbocycles. The van der Waals surface area contributed by atoms with Gasteiger partial charge in [0, 0.05) is 52.4 Å². The Morgan fingerprint density at radius 1 is 1.24 bits per heavy atom. The largest absolute Gasteiger partial charge is 0.346 e. The van der Waals surface area contributed by atoms with Gasteiger partial charge in [0.05, 0.1) is 5.69 Å². The van der Waals surface area contributed by atoms with Gasteiger partial charge in [-0.25, -0.2) is 18.1 Å². The van der Waals surface area contributed by atoms with Crippen LogP contribution in [0.3, 0.4) is 0 Å². The molecular formula is C22H27Cl2N5O3S2. The fourth-order valence-electron chi connectivity index (χ4n) is 4.58. The Labute approximate surface area is 213 Å². The van der Waals surface area contributed by atoms with E-state index in [0.29, 0.717) is 22.0 Å². The maximum Gasteiger partial charge on any atom is 0.280 e. The molecule has 1 aliphatic heterocycles. The van der Waals surface area contributed by atoms with Gasteiger partial charge in [0.25, 0.3) is 15.9 Å². The van der Waals surface area contributed by atoms with Gasteiger partial charge in [0.15, 0.2) is 5.01 Å². The molecule has 2 aliphatic rings. The summed E-state index contributed by atoms with van der Waals surface area (Å²) in [6.07, 6.45) is 4.06. The Morgan fingerprint density at radius 3 is 2.79 bits per heavy atom. The first-order valence-corrected chi connectivity index (χ1v) is 13.7. The van der Waals surface area contributed by atoms with Crippen LogP contribution in [-0.4, -0.2) is 54.9 Å². The van der Waals surface area contributed by atoms with E-state index in [9.17, 15) is 13.2 Å². The number of halogens is 2. The van der Waals surface area contributed by atoms with Crippen LogP contribution in [0.1, 0.15) is 46.1 Å². The number of fused-ring (bicyclic) bond motifs is 2. The number of amides is 1. The maximum absolute atomic E-state index is 13.1. The van der Waals surface area contributed by atoms with Gasteiger partial charge >= 0.3 is 0 Å². The topological polar surface area (TPSA) is 107 Å². The molecule has 0 unspecified atom stereocenters. The molecule has 0 spiro atoms. The minimum Gasteiger partial charge on any atom is -0.346 e. The number of carbonyl (C=O) groups excluding carboxylic acids is 1. The van der Waals surface area contributed by atoms with E-state index in [4.69, 9.17) is 11.6 Å². The van der Waals surface area contributed by atoms with Crippen LogP contribution in [0.5, 0.6) is 0 Å². The molecular weight excluding hydrogens is 517 g/mol. The van der Waals surface area contributed by atoms with E-state index in [1.165, 1.54) is 11.3 Å². The van der Waals surface area contributed by atoms with E-state index in [1.54, 1.807) is 24.3 Å². The number of likely N-dealkylation sites (N-methyl/N-ethyl adjacent to an activating group) is 1. The lowest BCUT2D eigenvalue weighted by Crippen LogP contribution is -2.53. The SMILES string of the molecule is CN1CCc2nc(C(=O)N[C@@H]3CCCC[C@@H]3NS(=O)(=O)c3cc4cc(Cl)ccc4[nH]3)sc2C1.Cl. The molecule has 5 rings (SSSR count). The number of hydrogen-bond donors (Lipinski definition) is 3. The van der Waals surface area contributed by atoms with Crippen molar-refractivity contribution >= 4 is 62.2 Å². The maximum atomic E-state index is 13.1. The van der Waals surface area contributed by atoms with E-state index >= 15 is 0 Å². The summed E-state index contributed by atoms with van der Waals surface area (Å²) in [5.41, 5.74) is 1.70. The number of rotatable bonds is 5. The summed E-state index contributed by atoms with van der Waals surface area (Å²) in [6.45, 7) is 1.74. The monoisotopic (exact) mass is 543 g/mol. The molecule has 1 fully saturated rings. The van der Waals surface area contributed by atoms with Gasteiger partial charge in [-0.1, -0.05) is 24.4 Å². The van der Waals surface area contributed by atoms with Gasteiger partial charge in [-0.05, 0) is 44.2 Å². The van der Waals surface area contributed by atoms with Crippen LogP contribution < -0.4 is 10.0 Å². The first-order valence-electron chi connectivity index (χ1n) is 11.1. The highest BCUT2D eigenvalue weighted by molar-refractivity contribution is 7.89. The average molecular weight is 545 g/mol. The van der Waals surface area contributed by atoms with Gasteiger partial charge in [0.2, 0.25) is 0 Å². The third kappa shape index (κ3) is 5.27.